The number of ether oxygens (including phenoxy) is 1. The molecular formula is C12H21N3OS. The summed E-state index contributed by atoms with van der Waals surface area (Å²) < 4.78 is 5.01. The smallest absolute Gasteiger partial charge is 0.187 e. The number of nitrogens with one attached hydrogen (secondary N) is 2. The standard InChI is InChI=1S/C12H21N3OS/c1-10(9-16-2)14-12(17)15-13-8-11-6-4-3-5-7-11/h3-4,8,10-11H,5-7,9H2,1-2H3,(H2,14,15,17)/b13-8-/t10-,11+/m0/s1. The van der Waals surface area contributed by atoms with Gasteiger partial charge in [0.15, 0.2) is 5.11 Å². The number of methoxy groups -OCH3 is 1. The maximum absolute atomic E-state index is 5.11. The zero-order valence-electron chi connectivity index (χ0n) is 10.5. The lowest BCUT2D eigenvalue weighted by Crippen LogP contribution is -2.40. The van der Waals surface area contributed by atoms with Gasteiger partial charge in [0, 0.05) is 19.4 Å². The molecule has 0 saturated carbocycles. The zero-order chi connectivity index (χ0) is 12.5. The quantitative estimate of drug-likeness (QED) is 0.340. The summed E-state index contributed by atoms with van der Waals surface area (Å²) in [4.78, 5) is 0. The molecule has 2 atom stereocenters. The number of hydrogen-bond donors (Lipinski definition) is 2. The van der Waals surface area contributed by atoms with Crippen LogP contribution in [0.1, 0.15) is 26.2 Å². The number of thiocarbonyl (C=S) groups is 1. The molecule has 0 bridgehead atoms. The highest BCUT2D eigenvalue weighted by molar-refractivity contribution is 7.80. The van der Waals surface area contributed by atoms with E-state index in [2.05, 4.69) is 28.0 Å². The minimum Gasteiger partial charge on any atom is -0.383 e. The van der Waals surface area contributed by atoms with Gasteiger partial charge in [0.2, 0.25) is 0 Å². The zero-order valence-corrected chi connectivity index (χ0v) is 11.3. The van der Waals surface area contributed by atoms with E-state index in [1.165, 1.54) is 6.42 Å². The molecule has 0 aromatic carbocycles. The first-order chi connectivity index (χ1) is 8.22. The Kier molecular flexibility index (Phi) is 6.81. The molecule has 0 amide bonds. The van der Waals surface area contributed by atoms with Crippen molar-refractivity contribution in [2.45, 2.75) is 32.2 Å². The summed E-state index contributed by atoms with van der Waals surface area (Å²) in [6.07, 6.45) is 9.75. The van der Waals surface area contributed by atoms with Crippen molar-refractivity contribution >= 4 is 23.5 Å². The van der Waals surface area contributed by atoms with Crippen LogP contribution in [0.25, 0.3) is 0 Å². The molecule has 17 heavy (non-hydrogen) atoms. The molecular weight excluding hydrogens is 234 g/mol. The van der Waals surface area contributed by atoms with Crippen LogP contribution in [-0.2, 0) is 4.74 Å². The van der Waals surface area contributed by atoms with Crippen LogP contribution in [-0.4, -0.2) is 31.1 Å². The molecule has 1 rings (SSSR count). The molecule has 0 radical (unpaired) electrons. The fourth-order valence-electron chi connectivity index (χ4n) is 1.70. The normalized spacial score (nSPS) is 21.4. The van der Waals surface area contributed by atoms with Crippen molar-refractivity contribution in [3.05, 3.63) is 12.2 Å². The Hall–Kier alpha value is -0.940. The lowest BCUT2D eigenvalue weighted by Gasteiger charge is -2.15. The highest BCUT2D eigenvalue weighted by Crippen LogP contribution is 2.15. The van der Waals surface area contributed by atoms with Crippen molar-refractivity contribution in [2.75, 3.05) is 13.7 Å². The topological polar surface area (TPSA) is 45.6 Å². The Morgan fingerprint density at radius 3 is 3.12 bits per heavy atom. The number of hydrogen-bond acceptors (Lipinski definition) is 3. The van der Waals surface area contributed by atoms with Crippen molar-refractivity contribution in [3.8, 4) is 0 Å². The summed E-state index contributed by atoms with van der Waals surface area (Å²) in [5, 5.41) is 7.78. The predicted octanol–water partition coefficient (Wildman–Crippen LogP) is 1.83. The van der Waals surface area contributed by atoms with Gasteiger partial charge >= 0.3 is 0 Å². The van der Waals surface area contributed by atoms with Crippen LogP contribution < -0.4 is 10.7 Å². The third kappa shape index (κ3) is 6.38. The van der Waals surface area contributed by atoms with Gasteiger partial charge in [-0.3, -0.25) is 5.43 Å². The van der Waals surface area contributed by atoms with Crippen LogP contribution in [0.15, 0.2) is 17.3 Å². The van der Waals surface area contributed by atoms with Crippen LogP contribution >= 0.6 is 12.2 Å². The van der Waals surface area contributed by atoms with E-state index in [0.29, 0.717) is 17.6 Å². The van der Waals surface area contributed by atoms with Gasteiger partial charge in [0.05, 0.1) is 6.61 Å². The Morgan fingerprint density at radius 2 is 2.47 bits per heavy atom. The second-order valence-corrected chi connectivity index (χ2v) is 4.67. The Morgan fingerprint density at radius 1 is 1.65 bits per heavy atom. The maximum atomic E-state index is 5.11. The number of nitrogens with zero attached hydrogens (tertiary/aromatic N) is 1. The fraction of sp³-hybridized carbons (Fsp3) is 0.667. The predicted molar refractivity (Wildman–Crippen MR) is 75.2 cm³/mol. The van der Waals surface area contributed by atoms with E-state index in [1.807, 2.05) is 13.1 Å². The van der Waals surface area contributed by atoms with Crippen molar-refractivity contribution < 1.29 is 4.74 Å². The van der Waals surface area contributed by atoms with Gasteiger partial charge in [-0.1, -0.05) is 12.2 Å². The first kappa shape index (κ1) is 14.1. The summed E-state index contributed by atoms with van der Waals surface area (Å²) in [5.74, 6) is 0.534. The van der Waals surface area contributed by atoms with Gasteiger partial charge in [-0.2, -0.15) is 5.10 Å². The van der Waals surface area contributed by atoms with Crippen molar-refractivity contribution in [3.63, 3.8) is 0 Å². The van der Waals surface area contributed by atoms with Crippen LogP contribution in [0.3, 0.4) is 0 Å². The van der Waals surface area contributed by atoms with E-state index in [-0.39, 0.29) is 6.04 Å². The van der Waals surface area contributed by atoms with Gasteiger partial charge in [0.25, 0.3) is 0 Å². The first-order valence-corrected chi connectivity index (χ1v) is 6.37. The molecule has 0 fully saturated rings. The molecule has 0 aromatic rings. The van der Waals surface area contributed by atoms with Gasteiger partial charge in [-0.15, -0.1) is 0 Å². The van der Waals surface area contributed by atoms with E-state index in [4.69, 9.17) is 17.0 Å². The molecule has 4 nitrogen and oxygen atoms in total. The molecule has 0 saturated heterocycles. The lowest BCUT2D eigenvalue weighted by atomic mass is 9.96. The van der Waals surface area contributed by atoms with Gasteiger partial charge in [-0.05, 0) is 44.3 Å². The van der Waals surface area contributed by atoms with Crippen LogP contribution in [0.2, 0.25) is 0 Å². The molecule has 1 aliphatic rings. The fourth-order valence-corrected chi connectivity index (χ4v) is 1.96. The Labute approximate surface area is 108 Å². The monoisotopic (exact) mass is 255 g/mol. The second kappa shape index (κ2) is 8.20. The molecule has 0 spiro atoms. The summed E-state index contributed by atoms with van der Waals surface area (Å²) >= 11 is 5.11. The van der Waals surface area contributed by atoms with E-state index in [0.717, 1.165) is 12.8 Å². The van der Waals surface area contributed by atoms with Crippen LogP contribution in [0.4, 0.5) is 0 Å². The number of hydrazone groups is 1. The summed E-state index contributed by atoms with van der Waals surface area (Å²) in [6, 6.07) is 0.188. The summed E-state index contributed by atoms with van der Waals surface area (Å²) in [5.41, 5.74) is 2.83. The summed E-state index contributed by atoms with van der Waals surface area (Å²) in [7, 11) is 1.67. The van der Waals surface area contributed by atoms with Gasteiger partial charge in [0.1, 0.15) is 0 Å². The molecule has 0 aliphatic heterocycles. The molecule has 0 heterocycles. The van der Waals surface area contributed by atoms with E-state index in [9.17, 15) is 0 Å². The highest BCUT2D eigenvalue weighted by Gasteiger charge is 2.06. The third-order valence-corrected chi connectivity index (χ3v) is 2.76. The maximum Gasteiger partial charge on any atom is 0.187 e. The van der Waals surface area contributed by atoms with Gasteiger partial charge in [-0.25, -0.2) is 0 Å². The number of allylic oxidation sites excluding steroid dienone is 2. The Bertz CT molecular complexity index is 291. The van der Waals surface area contributed by atoms with Crippen LogP contribution in [0, 0.1) is 5.92 Å². The summed E-state index contributed by atoms with van der Waals surface area (Å²) in [6.45, 7) is 2.63. The number of rotatable bonds is 5. The average Bonchev–Trinajstić information content (AvgIpc) is 2.30. The molecule has 1 aliphatic carbocycles. The molecule has 96 valence electrons. The van der Waals surface area contributed by atoms with Crippen molar-refractivity contribution in [2.24, 2.45) is 11.0 Å². The third-order valence-electron chi connectivity index (χ3n) is 2.56. The molecule has 2 N–H and O–H groups in total. The van der Waals surface area contributed by atoms with E-state index >= 15 is 0 Å². The Balaban J connectivity index is 2.18. The minimum absolute atomic E-state index is 0.188. The van der Waals surface area contributed by atoms with E-state index < -0.39 is 0 Å². The highest BCUT2D eigenvalue weighted by atomic mass is 32.1. The molecule has 0 aromatic heterocycles. The van der Waals surface area contributed by atoms with E-state index in [1.54, 1.807) is 7.11 Å². The van der Waals surface area contributed by atoms with Crippen molar-refractivity contribution in [1.82, 2.24) is 10.7 Å². The first-order valence-electron chi connectivity index (χ1n) is 5.96. The SMILES string of the molecule is COC[C@H](C)NC(=S)N/N=C\[C@@H]1CC=CCC1. The van der Waals surface area contributed by atoms with Gasteiger partial charge < -0.3 is 10.1 Å². The largest absolute Gasteiger partial charge is 0.383 e. The average molecular weight is 255 g/mol. The minimum atomic E-state index is 0.188. The second-order valence-electron chi connectivity index (χ2n) is 4.26. The molecule has 5 heteroatoms. The molecule has 0 unspecified atom stereocenters. The van der Waals surface area contributed by atoms with Crippen LogP contribution in [0.5, 0.6) is 0 Å². The van der Waals surface area contributed by atoms with Crippen molar-refractivity contribution in [1.29, 1.82) is 0 Å². The lowest BCUT2D eigenvalue weighted by molar-refractivity contribution is 0.179.